The second-order valence-electron chi connectivity index (χ2n) is 5.04. The number of anilines is 1. The van der Waals surface area contributed by atoms with Crippen LogP contribution in [0.15, 0.2) is 24.3 Å². The lowest BCUT2D eigenvalue weighted by molar-refractivity contribution is 0.558. The Kier molecular flexibility index (Phi) is 2.41. The molecule has 2 fully saturated rings. The van der Waals surface area contributed by atoms with Gasteiger partial charge < -0.3 is 10.0 Å². The van der Waals surface area contributed by atoms with Gasteiger partial charge in [-0.05, 0) is 42.6 Å². The second-order valence-corrected chi connectivity index (χ2v) is 5.65. The molecule has 0 amide bonds. The van der Waals surface area contributed by atoms with E-state index in [1.54, 1.807) is 11.9 Å². The first kappa shape index (κ1) is 10.5. The molecule has 0 aromatic heterocycles. The predicted molar refractivity (Wildman–Crippen MR) is 70.8 cm³/mol. The molecule has 2 atom stereocenters. The van der Waals surface area contributed by atoms with E-state index < -0.39 is 0 Å². The minimum Gasteiger partial charge on any atom is -0.330 e. The van der Waals surface area contributed by atoms with Crippen molar-refractivity contribution >= 4 is 17.6 Å². The normalized spacial score (nSPS) is 35.9. The van der Waals surface area contributed by atoms with Crippen LogP contribution < -0.4 is 10.0 Å². The van der Waals surface area contributed by atoms with E-state index in [1.807, 2.05) is 0 Å². The molecule has 1 heterocycles. The summed E-state index contributed by atoms with van der Waals surface area (Å²) in [7, 11) is 0. The van der Waals surface area contributed by atoms with Crippen LogP contribution in [-0.2, 0) is 5.41 Å². The summed E-state index contributed by atoms with van der Waals surface area (Å²) in [6.45, 7) is 4.81. The molecule has 3 rings (SSSR count). The van der Waals surface area contributed by atoms with Crippen molar-refractivity contribution in [1.29, 1.82) is 0 Å². The summed E-state index contributed by atoms with van der Waals surface area (Å²) in [6.07, 6.45) is 2.06. The van der Waals surface area contributed by atoms with Gasteiger partial charge in [0.25, 0.3) is 0 Å². The Morgan fingerprint density at radius 2 is 2.12 bits per heavy atom. The molecule has 1 aliphatic carbocycles. The maximum Gasteiger partial charge on any atom is 0.0442 e. The molecule has 3 heteroatoms. The fourth-order valence-corrected chi connectivity index (χ4v) is 3.63. The van der Waals surface area contributed by atoms with Gasteiger partial charge in [-0.3, -0.25) is 0 Å². The highest BCUT2D eigenvalue weighted by Crippen LogP contribution is 2.61. The van der Waals surface area contributed by atoms with Crippen LogP contribution >= 0.6 is 11.9 Å². The van der Waals surface area contributed by atoms with Crippen molar-refractivity contribution in [3.05, 3.63) is 29.8 Å². The minimum atomic E-state index is 0.432. The molecule has 1 aliphatic heterocycles. The first-order valence-electron chi connectivity index (χ1n) is 5.87. The average molecular weight is 234 g/mol. The van der Waals surface area contributed by atoms with Gasteiger partial charge in [-0.2, -0.15) is 0 Å². The topological polar surface area (TPSA) is 24.1 Å². The van der Waals surface area contributed by atoms with E-state index in [2.05, 4.69) is 47.5 Å². The predicted octanol–water partition coefficient (Wildman–Crippen LogP) is 2.48. The quantitative estimate of drug-likeness (QED) is 0.786. The van der Waals surface area contributed by atoms with Gasteiger partial charge in [0, 0.05) is 17.4 Å². The van der Waals surface area contributed by atoms with E-state index in [1.165, 1.54) is 24.3 Å². The molecule has 1 saturated heterocycles. The molecule has 2 unspecified atom stereocenters. The Bertz CT molecular complexity index is 395. The highest BCUT2D eigenvalue weighted by molar-refractivity contribution is 7.99. The van der Waals surface area contributed by atoms with Crippen molar-refractivity contribution in [2.45, 2.75) is 12.3 Å². The summed E-state index contributed by atoms with van der Waals surface area (Å²) in [6, 6.07) is 8.90. The molecule has 0 spiro atoms. The van der Waals surface area contributed by atoms with Crippen LogP contribution in [0.3, 0.4) is 0 Å². The Balaban J connectivity index is 1.87. The van der Waals surface area contributed by atoms with Gasteiger partial charge in [0.15, 0.2) is 0 Å². The Hall–Kier alpha value is -0.670. The van der Waals surface area contributed by atoms with Gasteiger partial charge in [-0.25, -0.2) is 0 Å². The van der Waals surface area contributed by atoms with Gasteiger partial charge in [0.2, 0.25) is 0 Å². The monoisotopic (exact) mass is 234 g/mol. The molecule has 1 aromatic carbocycles. The molecule has 0 bridgehead atoms. The standard InChI is InChI=1S/C13H18N2S/c1-13(11-7-14-8-12(11)13)9-4-3-5-10(6-9)15-16-2/h3-6,11-12,14-15H,7-8H2,1-2H3. The maximum atomic E-state index is 3.47. The van der Waals surface area contributed by atoms with Gasteiger partial charge in [0.05, 0.1) is 0 Å². The second kappa shape index (κ2) is 3.67. The molecule has 16 heavy (non-hydrogen) atoms. The number of piperidine rings is 1. The highest BCUT2D eigenvalue weighted by atomic mass is 32.2. The van der Waals surface area contributed by atoms with E-state index in [4.69, 9.17) is 0 Å². The van der Waals surface area contributed by atoms with E-state index in [-0.39, 0.29) is 0 Å². The number of hydrogen-bond acceptors (Lipinski definition) is 3. The average Bonchev–Trinajstić information content (AvgIpc) is 2.67. The zero-order valence-corrected chi connectivity index (χ0v) is 10.6. The lowest BCUT2D eigenvalue weighted by atomic mass is 9.92. The van der Waals surface area contributed by atoms with E-state index in [0.29, 0.717) is 5.41 Å². The zero-order chi connectivity index (χ0) is 11.2. The van der Waals surface area contributed by atoms with Crippen LogP contribution in [-0.4, -0.2) is 19.3 Å². The third-order valence-electron chi connectivity index (χ3n) is 4.35. The fraction of sp³-hybridized carbons (Fsp3) is 0.538. The molecular weight excluding hydrogens is 216 g/mol. The summed E-state index contributed by atoms with van der Waals surface area (Å²) < 4.78 is 3.31. The van der Waals surface area contributed by atoms with Gasteiger partial charge in [0.1, 0.15) is 0 Å². The van der Waals surface area contributed by atoms with E-state index in [0.717, 1.165) is 11.8 Å². The Morgan fingerprint density at radius 1 is 1.38 bits per heavy atom. The molecule has 1 aromatic rings. The summed E-state index contributed by atoms with van der Waals surface area (Å²) in [5, 5.41) is 3.47. The first-order chi connectivity index (χ1) is 7.76. The van der Waals surface area contributed by atoms with Crippen LogP contribution in [0, 0.1) is 11.8 Å². The fourth-order valence-electron chi connectivity index (χ4n) is 3.26. The zero-order valence-electron chi connectivity index (χ0n) is 9.79. The van der Waals surface area contributed by atoms with Crippen LogP contribution in [0.25, 0.3) is 0 Å². The Morgan fingerprint density at radius 3 is 2.81 bits per heavy atom. The van der Waals surface area contributed by atoms with Gasteiger partial charge in [-0.15, -0.1) is 0 Å². The number of hydrogen-bond donors (Lipinski definition) is 2. The van der Waals surface area contributed by atoms with Crippen molar-refractivity contribution in [3.8, 4) is 0 Å². The van der Waals surface area contributed by atoms with Crippen molar-refractivity contribution in [2.24, 2.45) is 11.8 Å². The van der Waals surface area contributed by atoms with E-state index >= 15 is 0 Å². The SMILES string of the molecule is CSNc1cccc(C2(C)C3CNCC32)c1. The van der Waals surface area contributed by atoms with Gasteiger partial charge in [-0.1, -0.05) is 31.0 Å². The third-order valence-corrected chi connectivity index (χ3v) is 4.79. The maximum absolute atomic E-state index is 3.47. The number of benzene rings is 1. The number of rotatable bonds is 3. The molecule has 2 aliphatic rings. The summed E-state index contributed by atoms with van der Waals surface area (Å²) in [5.41, 5.74) is 3.16. The largest absolute Gasteiger partial charge is 0.330 e. The highest BCUT2D eigenvalue weighted by Gasteiger charge is 2.63. The summed E-state index contributed by atoms with van der Waals surface area (Å²) in [5.74, 6) is 1.72. The minimum absolute atomic E-state index is 0.432. The number of nitrogens with one attached hydrogen (secondary N) is 2. The summed E-state index contributed by atoms with van der Waals surface area (Å²) >= 11 is 1.65. The van der Waals surface area contributed by atoms with Crippen molar-refractivity contribution in [2.75, 3.05) is 24.1 Å². The first-order valence-corrected chi connectivity index (χ1v) is 7.09. The summed E-state index contributed by atoms with van der Waals surface area (Å²) in [4.78, 5) is 0. The Labute approximate surface area is 101 Å². The van der Waals surface area contributed by atoms with Crippen LogP contribution in [0.1, 0.15) is 12.5 Å². The van der Waals surface area contributed by atoms with E-state index in [9.17, 15) is 0 Å². The number of fused-ring (bicyclic) bond motifs is 1. The smallest absolute Gasteiger partial charge is 0.0442 e. The van der Waals surface area contributed by atoms with Crippen LogP contribution in [0.2, 0.25) is 0 Å². The molecule has 1 saturated carbocycles. The van der Waals surface area contributed by atoms with Crippen molar-refractivity contribution < 1.29 is 0 Å². The lowest BCUT2D eigenvalue weighted by Gasteiger charge is -2.17. The van der Waals surface area contributed by atoms with Crippen molar-refractivity contribution in [1.82, 2.24) is 5.32 Å². The molecule has 2 N–H and O–H groups in total. The molecular formula is C13H18N2S. The third kappa shape index (κ3) is 1.38. The van der Waals surface area contributed by atoms with Crippen LogP contribution in [0.4, 0.5) is 5.69 Å². The lowest BCUT2D eigenvalue weighted by Crippen LogP contribution is -2.22. The molecule has 0 radical (unpaired) electrons. The van der Waals surface area contributed by atoms with Crippen molar-refractivity contribution in [3.63, 3.8) is 0 Å². The molecule has 86 valence electrons. The molecule has 2 nitrogen and oxygen atoms in total. The van der Waals surface area contributed by atoms with Gasteiger partial charge >= 0.3 is 0 Å². The van der Waals surface area contributed by atoms with Crippen LogP contribution in [0.5, 0.6) is 0 Å².